The number of pyridine rings is 1. The first kappa shape index (κ1) is 27.5. The van der Waals surface area contributed by atoms with Crippen LogP contribution in [0.4, 0.5) is 0 Å². The first-order valence-corrected chi connectivity index (χ1v) is 13.5. The van der Waals surface area contributed by atoms with E-state index in [9.17, 15) is 9.00 Å². The maximum Gasteiger partial charge on any atom is 0.157 e. The van der Waals surface area contributed by atoms with Crippen LogP contribution in [-0.2, 0) is 22.2 Å². The highest BCUT2D eigenvalue weighted by Gasteiger charge is 2.16. The average molecular weight is 567 g/mol. The second-order valence-corrected chi connectivity index (χ2v) is 10.3. The molecule has 0 spiro atoms. The van der Waals surface area contributed by atoms with E-state index < -0.39 is 11.0 Å². The molecule has 3 aromatic carbocycles. The highest BCUT2D eigenvalue weighted by Crippen LogP contribution is 2.32. The fourth-order valence-corrected chi connectivity index (χ4v) is 5.65. The number of aromatic nitrogens is 2. The summed E-state index contributed by atoms with van der Waals surface area (Å²) >= 11 is 12.1. The predicted molar refractivity (Wildman–Crippen MR) is 152 cm³/mol. The highest BCUT2D eigenvalue weighted by atomic mass is 35.5. The molecule has 0 fully saturated rings. The van der Waals surface area contributed by atoms with Gasteiger partial charge in [-0.15, -0.1) is 0 Å². The molecule has 0 aliphatic rings. The van der Waals surface area contributed by atoms with E-state index in [1.54, 1.807) is 52.6 Å². The van der Waals surface area contributed by atoms with Gasteiger partial charge in [0.1, 0.15) is 17.8 Å². The summed E-state index contributed by atoms with van der Waals surface area (Å²) in [5, 5.41) is 8.92. The SMILES string of the molecule is CO.O=CCCc1cn(S(=O)c2ccc(Oc3cc(Cl)cc(Cl)c3)cc2)c2ccc(-c3cccnc3)cc12. The summed E-state index contributed by atoms with van der Waals surface area (Å²) in [6, 6.07) is 21.9. The summed E-state index contributed by atoms with van der Waals surface area (Å²) < 4.78 is 21.2. The van der Waals surface area contributed by atoms with Crippen LogP contribution in [0.3, 0.4) is 0 Å². The molecule has 9 heteroatoms. The maximum atomic E-state index is 13.6. The van der Waals surface area contributed by atoms with Crippen LogP contribution in [0, 0.1) is 0 Å². The van der Waals surface area contributed by atoms with Crippen molar-refractivity contribution in [2.45, 2.75) is 17.7 Å². The average Bonchev–Trinajstić information content (AvgIpc) is 3.30. The zero-order chi connectivity index (χ0) is 27.1. The number of hydrogen-bond acceptors (Lipinski definition) is 5. The number of hydrogen-bond donors (Lipinski definition) is 1. The van der Waals surface area contributed by atoms with Crippen LogP contribution in [0.5, 0.6) is 11.5 Å². The van der Waals surface area contributed by atoms with Crippen molar-refractivity contribution in [1.29, 1.82) is 0 Å². The largest absolute Gasteiger partial charge is 0.457 e. The minimum atomic E-state index is -1.50. The van der Waals surface area contributed by atoms with Crippen molar-refractivity contribution in [2.75, 3.05) is 7.11 Å². The van der Waals surface area contributed by atoms with Crippen LogP contribution in [0.2, 0.25) is 10.0 Å². The van der Waals surface area contributed by atoms with Crippen molar-refractivity contribution < 1.29 is 18.8 Å². The first-order chi connectivity index (χ1) is 18.5. The standard InChI is InChI=1S/C28H20Cl2N2O3S.CH4O/c29-22-14-23(30)16-25(15-22)35-24-6-8-26(9-7-24)36(34)32-18-21(4-2-12-33)27-13-19(5-10-28(27)32)20-3-1-11-31-17-20;1-2/h1,3,5-18H,2,4H2;2H,1H3. The molecule has 0 saturated carbocycles. The lowest BCUT2D eigenvalue weighted by Crippen LogP contribution is -2.03. The number of carbonyl (C=O) groups excluding carboxylic acids is 1. The Bertz CT molecular complexity index is 1550. The second-order valence-electron chi connectivity index (χ2n) is 8.09. The van der Waals surface area contributed by atoms with Gasteiger partial charge in [-0.05, 0) is 78.2 Å². The van der Waals surface area contributed by atoms with Gasteiger partial charge < -0.3 is 14.6 Å². The molecule has 0 aliphatic carbocycles. The summed E-state index contributed by atoms with van der Waals surface area (Å²) in [6.07, 6.45) is 7.27. The number of nitrogens with zero attached hydrogens (tertiary/aromatic N) is 2. The lowest BCUT2D eigenvalue weighted by molar-refractivity contribution is -0.107. The monoisotopic (exact) mass is 566 g/mol. The van der Waals surface area contributed by atoms with Crippen LogP contribution in [0.1, 0.15) is 12.0 Å². The van der Waals surface area contributed by atoms with Crippen molar-refractivity contribution in [1.82, 2.24) is 8.96 Å². The van der Waals surface area contributed by atoms with Gasteiger partial charge in [0.05, 0.1) is 10.4 Å². The Hall–Kier alpha value is -3.49. The smallest absolute Gasteiger partial charge is 0.157 e. The molecular weight excluding hydrogens is 543 g/mol. The van der Waals surface area contributed by atoms with E-state index in [2.05, 4.69) is 11.1 Å². The quantitative estimate of drug-likeness (QED) is 0.202. The van der Waals surface area contributed by atoms with Gasteiger partial charge in [-0.3, -0.25) is 8.96 Å². The van der Waals surface area contributed by atoms with Gasteiger partial charge in [-0.25, -0.2) is 4.21 Å². The van der Waals surface area contributed by atoms with Crippen LogP contribution < -0.4 is 4.74 Å². The molecule has 0 radical (unpaired) electrons. The fourth-order valence-electron chi connectivity index (χ4n) is 3.99. The fraction of sp³-hybridized carbons (Fsp3) is 0.103. The third-order valence-corrected chi connectivity index (χ3v) is 7.43. The number of fused-ring (bicyclic) bond motifs is 1. The van der Waals surface area contributed by atoms with Crippen molar-refractivity contribution in [3.8, 4) is 22.6 Å². The molecule has 38 heavy (non-hydrogen) atoms. The Kier molecular flexibility index (Phi) is 9.31. The van der Waals surface area contributed by atoms with Crippen LogP contribution in [-0.4, -0.2) is 31.7 Å². The predicted octanol–water partition coefficient (Wildman–Crippen LogP) is 7.11. The van der Waals surface area contributed by atoms with E-state index in [4.69, 9.17) is 33.0 Å². The van der Waals surface area contributed by atoms with Crippen molar-refractivity contribution in [3.63, 3.8) is 0 Å². The van der Waals surface area contributed by atoms with Crippen molar-refractivity contribution in [2.24, 2.45) is 0 Å². The molecule has 2 aromatic heterocycles. The van der Waals surface area contributed by atoms with Gasteiger partial charge in [-0.2, -0.15) is 0 Å². The summed E-state index contributed by atoms with van der Waals surface area (Å²) in [5.41, 5.74) is 3.80. The molecule has 194 valence electrons. The molecular formula is C29H24Cl2N2O4S. The maximum absolute atomic E-state index is 13.6. The summed E-state index contributed by atoms with van der Waals surface area (Å²) in [7, 11) is -0.501. The van der Waals surface area contributed by atoms with E-state index >= 15 is 0 Å². The van der Waals surface area contributed by atoms with Gasteiger partial charge in [-0.1, -0.05) is 35.3 Å². The van der Waals surface area contributed by atoms with Crippen LogP contribution >= 0.6 is 23.2 Å². The van der Waals surface area contributed by atoms with Crippen molar-refractivity contribution >= 4 is 51.4 Å². The molecule has 0 saturated heterocycles. The number of aliphatic hydroxyl groups excluding tert-OH is 1. The zero-order valence-corrected chi connectivity index (χ0v) is 22.7. The molecule has 0 aliphatic heterocycles. The molecule has 2 heterocycles. The molecule has 1 N–H and O–H groups in total. The number of aldehydes is 1. The Morgan fingerprint density at radius 2 is 1.68 bits per heavy atom. The first-order valence-electron chi connectivity index (χ1n) is 11.6. The number of aliphatic hydroxyl groups is 1. The number of carbonyl (C=O) groups is 1. The zero-order valence-electron chi connectivity index (χ0n) is 20.4. The third kappa shape index (κ3) is 6.31. The van der Waals surface area contributed by atoms with Gasteiger partial charge in [0.25, 0.3) is 0 Å². The Labute approximate surface area is 233 Å². The van der Waals surface area contributed by atoms with E-state index in [-0.39, 0.29) is 0 Å². The van der Waals surface area contributed by atoms with Gasteiger partial charge in [0.2, 0.25) is 0 Å². The molecule has 0 bridgehead atoms. The second kappa shape index (κ2) is 12.8. The van der Waals surface area contributed by atoms with E-state index in [0.717, 1.165) is 41.0 Å². The normalized spacial score (nSPS) is 11.5. The summed E-state index contributed by atoms with van der Waals surface area (Å²) in [6.45, 7) is 0. The van der Waals surface area contributed by atoms with Crippen molar-refractivity contribution in [3.05, 3.63) is 107 Å². The van der Waals surface area contributed by atoms with Gasteiger partial charge in [0, 0.05) is 53.1 Å². The number of benzene rings is 3. The number of halogens is 2. The Morgan fingerprint density at radius 1 is 0.947 bits per heavy atom. The summed E-state index contributed by atoms with van der Waals surface area (Å²) in [5.74, 6) is 1.08. The lowest BCUT2D eigenvalue weighted by Gasteiger charge is -2.09. The third-order valence-electron chi connectivity index (χ3n) is 5.66. The molecule has 5 aromatic rings. The lowest BCUT2D eigenvalue weighted by atomic mass is 10.0. The summed E-state index contributed by atoms with van der Waals surface area (Å²) in [4.78, 5) is 15.9. The van der Waals surface area contributed by atoms with Gasteiger partial charge in [0.15, 0.2) is 11.0 Å². The minimum Gasteiger partial charge on any atom is -0.457 e. The topological polar surface area (TPSA) is 81.4 Å². The molecule has 1 unspecified atom stereocenters. The van der Waals surface area contributed by atoms with E-state index in [1.807, 2.05) is 36.7 Å². The van der Waals surface area contributed by atoms with Crippen LogP contribution in [0.15, 0.2) is 96.3 Å². The Balaban J connectivity index is 0.00000164. The van der Waals surface area contributed by atoms with E-state index in [0.29, 0.717) is 39.3 Å². The molecule has 6 nitrogen and oxygen atoms in total. The van der Waals surface area contributed by atoms with Gasteiger partial charge >= 0.3 is 0 Å². The molecule has 0 amide bonds. The number of rotatable bonds is 8. The molecule has 1 atom stereocenters. The molecule has 5 rings (SSSR count). The number of aryl methyl sites for hydroxylation is 1. The highest BCUT2D eigenvalue weighted by molar-refractivity contribution is 7.83. The van der Waals surface area contributed by atoms with Crippen LogP contribution in [0.25, 0.3) is 22.0 Å². The Morgan fingerprint density at radius 3 is 2.34 bits per heavy atom. The minimum absolute atomic E-state index is 0.391. The van der Waals surface area contributed by atoms with E-state index in [1.165, 1.54) is 0 Å². The number of ether oxygens (including phenoxy) is 1.